The topological polar surface area (TPSA) is 107 Å². The van der Waals surface area contributed by atoms with Gasteiger partial charge in [0, 0.05) is 20.1 Å². The smallest absolute Gasteiger partial charge is 0.318 e. The van der Waals surface area contributed by atoms with Crippen LogP contribution in [0, 0.1) is 5.41 Å². The van der Waals surface area contributed by atoms with Gasteiger partial charge in [0.15, 0.2) is 0 Å². The average molecular weight is 297 g/mol. The van der Waals surface area contributed by atoms with E-state index in [1.807, 2.05) is 0 Å². The fraction of sp³-hybridized carbons (Fsp3) is 0.692. The standard InChI is InChI=1S/C13H19N3O5/c1-3-13(11(19)20)4-5-16(7-13)12(21)14-8-6-9(17)15(2)10(8)18/h8H,3-7H2,1-2H3,(H,14,21)(H,19,20). The number of nitrogens with one attached hydrogen (secondary N) is 1. The summed E-state index contributed by atoms with van der Waals surface area (Å²) >= 11 is 0. The SMILES string of the molecule is CCC1(C(=O)O)CCN(C(=O)NC2CC(=O)N(C)C2=O)C1. The normalized spacial score (nSPS) is 29.1. The molecule has 2 aliphatic heterocycles. The van der Waals surface area contributed by atoms with E-state index in [0.717, 1.165) is 4.90 Å². The Labute approximate surface area is 122 Å². The van der Waals surface area contributed by atoms with Crippen LogP contribution in [-0.2, 0) is 14.4 Å². The highest BCUT2D eigenvalue weighted by Crippen LogP contribution is 2.34. The summed E-state index contributed by atoms with van der Waals surface area (Å²) in [7, 11) is 1.37. The van der Waals surface area contributed by atoms with Gasteiger partial charge in [0.2, 0.25) is 5.91 Å². The van der Waals surface area contributed by atoms with Crippen LogP contribution in [0.25, 0.3) is 0 Å². The average Bonchev–Trinajstić information content (AvgIpc) is 2.98. The summed E-state index contributed by atoms with van der Waals surface area (Å²) in [5.74, 6) is -1.68. The lowest BCUT2D eigenvalue weighted by Gasteiger charge is -2.24. The van der Waals surface area contributed by atoms with Gasteiger partial charge in [-0.1, -0.05) is 6.92 Å². The first-order chi connectivity index (χ1) is 9.80. The summed E-state index contributed by atoms with van der Waals surface area (Å²) < 4.78 is 0. The number of hydrogen-bond donors (Lipinski definition) is 2. The predicted octanol–water partition coefficient (Wildman–Crippen LogP) is -0.360. The van der Waals surface area contributed by atoms with Crippen LogP contribution in [0.5, 0.6) is 0 Å². The van der Waals surface area contributed by atoms with E-state index < -0.39 is 29.4 Å². The van der Waals surface area contributed by atoms with Crippen LogP contribution in [0.3, 0.4) is 0 Å². The van der Waals surface area contributed by atoms with Crippen molar-refractivity contribution in [1.82, 2.24) is 15.1 Å². The number of likely N-dealkylation sites (N-methyl/N-ethyl adjacent to an activating group) is 1. The van der Waals surface area contributed by atoms with Gasteiger partial charge in [-0.3, -0.25) is 19.3 Å². The Hall–Kier alpha value is -2.12. The molecule has 2 saturated heterocycles. The largest absolute Gasteiger partial charge is 0.481 e. The Balaban J connectivity index is 1.98. The summed E-state index contributed by atoms with van der Waals surface area (Å²) in [5, 5.41) is 11.8. The first-order valence-electron chi connectivity index (χ1n) is 6.90. The molecular formula is C13H19N3O5. The first-order valence-corrected chi connectivity index (χ1v) is 6.90. The molecular weight excluding hydrogens is 278 g/mol. The van der Waals surface area contributed by atoms with Gasteiger partial charge < -0.3 is 15.3 Å². The highest BCUT2D eigenvalue weighted by Gasteiger charge is 2.46. The van der Waals surface area contributed by atoms with Crippen LogP contribution in [0.2, 0.25) is 0 Å². The Morgan fingerprint density at radius 1 is 1.43 bits per heavy atom. The van der Waals surface area contributed by atoms with Gasteiger partial charge in [-0.05, 0) is 12.8 Å². The molecule has 4 amide bonds. The van der Waals surface area contributed by atoms with Crippen molar-refractivity contribution in [1.29, 1.82) is 0 Å². The first kappa shape index (κ1) is 15.3. The van der Waals surface area contributed by atoms with E-state index >= 15 is 0 Å². The second-order valence-corrected chi connectivity index (χ2v) is 5.61. The summed E-state index contributed by atoms with van der Waals surface area (Å²) in [6.07, 6.45) is 0.784. The number of carbonyl (C=O) groups excluding carboxylic acids is 3. The molecule has 116 valence electrons. The quantitative estimate of drug-likeness (QED) is 0.692. The molecule has 2 N–H and O–H groups in total. The van der Waals surface area contributed by atoms with Gasteiger partial charge in [-0.15, -0.1) is 0 Å². The number of carbonyl (C=O) groups is 4. The maximum atomic E-state index is 12.1. The van der Waals surface area contributed by atoms with E-state index in [2.05, 4.69) is 5.32 Å². The van der Waals surface area contributed by atoms with Gasteiger partial charge in [-0.25, -0.2) is 4.79 Å². The third-order valence-electron chi connectivity index (χ3n) is 4.45. The highest BCUT2D eigenvalue weighted by atomic mass is 16.4. The second kappa shape index (κ2) is 5.34. The molecule has 2 fully saturated rings. The molecule has 0 aliphatic carbocycles. The Morgan fingerprint density at radius 3 is 2.52 bits per heavy atom. The Kier molecular flexibility index (Phi) is 3.89. The van der Waals surface area contributed by atoms with Crippen molar-refractivity contribution in [3.63, 3.8) is 0 Å². The van der Waals surface area contributed by atoms with E-state index in [4.69, 9.17) is 0 Å². The lowest BCUT2D eigenvalue weighted by molar-refractivity contribution is -0.148. The number of nitrogens with zero attached hydrogens (tertiary/aromatic N) is 2. The van der Waals surface area contributed by atoms with Crippen molar-refractivity contribution in [2.45, 2.75) is 32.2 Å². The van der Waals surface area contributed by atoms with E-state index in [0.29, 0.717) is 19.4 Å². The zero-order valence-corrected chi connectivity index (χ0v) is 12.1. The number of rotatable bonds is 3. The van der Waals surface area contributed by atoms with Crippen molar-refractivity contribution in [2.24, 2.45) is 5.41 Å². The second-order valence-electron chi connectivity index (χ2n) is 5.61. The van der Waals surface area contributed by atoms with Gasteiger partial charge in [0.1, 0.15) is 6.04 Å². The molecule has 0 aromatic carbocycles. The van der Waals surface area contributed by atoms with Crippen molar-refractivity contribution in [3.05, 3.63) is 0 Å². The van der Waals surface area contributed by atoms with Gasteiger partial charge in [-0.2, -0.15) is 0 Å². The molecule has 2 unspecified atom stereocenters. The molecule has 2 heterocycles. The van der Waals surface area contributed by atoms with Gasteiger partial charge in [0.05, 0.1) is 11.8 Å². The van der Waals surface area contributed by atoms with E-state index in [9.17, 15) is 24.3 Å². The monoisotopic (exact) mass is 297 g/mol. The van der Waals surface area contributed by atoms with Crippen molar-refractivity contribution in [2.75, 3.05) is 20.1 Å². The number of amides is 4. The molecule has 0 saturated carbocycles. The fourth-order valence-electron chi connectivity index (χ4n) is 2.77. The van der Waals surface area contributed by atoms with Crippen LogP contribution in [0.1, 0.15) is 26.2 Å². The lowest BCUT2D eigenvalue weighted by atomic mass is 9.84. The molecule has 0 spiro atoms. The molecule has 0 bridgehead atoms. The lowest BCUT2D eigenvalue weighted by Crippen LogP contribution is -2.47. The third-order valence-corrected chi connectivity index (χ3v) is 4.45. The molecule has 8 heteroatoms. The van der Waals surface area contributed by atoms with Crippen LogP contribution >= 0.6 is 0 Å². The highest BCUT2D eigenvalue weighted by molar-refractivity contribution is 6.06. The van der Waals surface area contributed by atoms with Crippen molar-refractivity contribution < 1.29 is 24.3 Å². The van der Waals surface area contributed by atoms with Crippen LogP contribution < -0.4 is 5.32 Å². The minimum Gasteiger partial charge on any atom is -0.481 e. The Bertz CT molecular complexity index is 506. The summed E-state index contributed by atoms with van der Waals surface area (Å²) in [6.45, 7) is 2.23. The number of imide groups is 1. The molecule has 8 nitrogen and oxygen atoms in total. The molecule has 0 aromatic heterocycles. The predicted molar refractivity (Wildman–Crippen MR) is 71.3 cm³/mol. The number of hydrogen-bond acceptors (Lipinski definition) is 4. The number of carboxylic acid groups (broad SMARTS) is 1. The number of likely N-dealkylation sites (tertiary alicyclic amines) is 2. The summed E-state index contributed by atoms with van der Waals surface area (Å²) in [5.41, 5.74) is -0.913. The van der Waals surface area contributed by atoms with Gasteiger partial charge >= 0.3 is 12.0 Å². The fourth-order valence-corrected chi connectivity index (χ4v) is 2.77. The maximum Gasteiger partial charge on any atom is 0.318 e. The zero-order chi connectivity index (χ0) is 15.8. The maximum absolute atomic E-state index is 12.1. The van der Waals surface area contributed by atoms with Crippen LogP contribution in [0.15, 0.2) is 0 Å². The van der Waals surface area contributed by atoms with Crippen molar-refractivity contribution >= 4 is 23.8 Å². The Morgan fingerprint density at radius 2 is 2.10 bits per heavy atom. The van der Waals surface area contributed by atoms with Gasteiger partial charge in [0.25, 0.3) is 5.91 Å². The zero-order valence-electron chi connectivity index (χ0n) is 12.1. The molecule has 0 radical (unpaired) electrons. The molecule has 2 aliphatic rings. The van der Waals surface area contributed by atoms with Crippen LogP contribution in [-0.4, -0.2) is 64.9 Å². The minimum atomic E-state index is -0.913. The number of carboxylic acids is 1. The molecule has 2 rings (SSSR count). The van der Waals surface area contributed by atoms with E-state index in [1.54, 1.807) is 6.92 Å². The summed E-state index contributed by atoms with van der Waals surface area (Å²) in [6, 6.07) is -1.34. The van der Waals surface area contributed by atoms with Crippen molar-refractivity contribution in [3.8, 4) is 0 Å². The molecule has 0 aromatic rings. The third kappa shape index (κ3) is 2.57. The summed E-state index contributed by atoms with van der Waals surface area (Å²) in [4.78, 5) is 49.0. The van der Waals surface area contributed by atoms with Crippen LogP contribution in [0.4, 0.5) is 4.79 Å². The molecule has 21 heavy (non-hydrogen) atoms. The van der Waals surface area contributed by atoms with E-state index in [-0.39, 0.29) is 18.9 Å². The van der Waals surface area contributed by atoms with E-state index in [1.165, 1.54) is 11.9 Å². The number of urea groups is 1. The molecule has 2 atom stereocenters. The minimum absolute atomic E-state index is 0.0488. The number of aliphatic carboxylic acids is 1.